The molecule has 39 heavy (non-hydrogen) atoms. The Morgan fingerprint density at radius 1 is 1.03 bits per heavy atom. The standard InChI is InChI=1S/C29H27FN6O3/c1-31-27(37)21-9-13-24(25(15-21)39-2)33-29-34-26-14-10-22(17-36(26)35-29)19-5-7-20(8-6-19)28(38)32-16-18-3-11-23(30)12-4-18/h3-15,17,28,32,38H,16H2,1-2H3,(H,31,37)(H,33,35). The van der Waals surface area contributed by atoms with Crippen LogP contribution in [0.1, 0.15) is 27.7 Å². The van der Waals surface area contributed by atoms with E-state index in [1.807, 2.05) is 42.6 Å². The molecule has 9 nitrogen and oxygen atoms in total. The van der Waals surface area contributed by atoms with Gasteiger partial charge in [-0.2, -0.15) is 4.98 Å². The van der Waals surface area contributed by atoms with E-state index in [1.54, 1.807) is 41.9 Å². The summed E-state index contributed by atoms with van der Waals surface area (Å²) >= 11 is 0. The van der Waals surface area contributed by atoms with Crippen molar-refractivity contribution < 1.29 is 19.0 Å². The topological polar surface area (TPSA) is 113 Å². The number of aliphatic hydroxyl groups excluding tert-OH is 1. The van der Waals surface area contributed by atoms with Crippen molar-refractivity contribution in [3.8, 4) is 16.9 Å². The first-order valence-electron chi connectivity index (χ1n) is 12.2. The Balaban J connectivity index is 1.28. The molecule has 0 fully saturated rings. The summed E-state index contributed by atoms with van der Waals surface area (Å²) in [5, 5.41) is 23.8. The Hall–Kier alpha value is -4.80. The minimum atomic E-state index is -0.863. The third kappa shape index (κ3) is 5.87. The van der Waals surface area contributed by atoms with Gasteiger partial charge in [0.25, 0.3) is 5.91 Å². The first-order chi connectivity index (χ1) is 18.9. The van der Waals surface area contributed by atoms with Crippen LogP contribution in [0.15, 0.2) is 85.1 Å². The van der Waals surface area contributed by atoms with Crippen molar-refractivity contribution in [1.29, 1.82) is 0 Å². The highest BCUT2D eigenvalue weighted by molar-refractivity contribution is 5.95. The Morgan fingerprint density at radius 3 is 2.49 bits per heavy atom. The van der Waals surface area contributed by atoms with E-state index in [1.165, 1.54) is 19.2 Å². The van der Waals surface area contributed by atoms with Gasteiger partial charge in [0.05, 0.1) is 12.8 Å². The van der Waals surface area contributed by atoms with Gasteiger partial charge in [-0.25, -0.2) is 8.91 Å². The molecule has 0 spiro atoms. The van der Waals surface area contributed by atoms with Crippen molar-refractivity contribution in [3.63, 3.8) is 0 Å². The maximum atomic E-state index is 13.1. The number of amides is 1. The van der Waals surface area contributed by atoms with Crippen LogP contribution in [0.5, 0.6) is 5.75 Å². The number of nitrogens with zero attached hydrogens (tertiary/aromatic N) is 3. The minimum absolute atomic E-state index is 0.206. The molecule has 0 saturated heterocycles. The maximum Gasteiger partial charge on any atom is 0.251 e. The number of rotatable bonds is 9. The third-order valence-corrected chi connectivity index (χ3v) is 6.24. The number of methoxy groups -OCH3 is 1. The lowest BCUT2D eigenvalue weighted by atomic mass is 10.0. The SMILES string of the molecule is CNC(=O)c1ccc(Nc2nc3ccc(-c4ccc(C(O)NCc5ccc(F)cc5)cc4)cn3n2)c(OC)c1. The molecule has 2 heterocycles. The van der Waals surface area contributed by atoms with Crippen LogP contribution in [-0.2, 0) is 6.54 Å². The number of nitrogens with one attached hydrogen (secondary N) is 3. The fraction of sp³-hybridized carbons (Fsp3) is 0.138. The molecule has 5 rings (SSSR count). The Kier molecular flexibility index (Phi) is 7.48. The summed E-state index contributed by atoms with van der Waals surface area (Å²) < 4.78 is 20.2. The number of halogens is 1. The number of ether oxygens (including phenoxy) is 1. The van der Waals surface area contributed by atoms with Crippen LogP contribution in [0.4, 0.5) is 16.0 Å². The summed E-state index contributed by atoms with van der Waals surface area (Å²) in [5.41, 5.74) is 5.22. The molecule has 3 aromatic carbocycles. The van der Waals surface area contributed by atoms with Crippen molar-refractivity contribution in [2.45, 2.75) is 12.8 Å². The lowest BCUT2D eigenvalue weighted by Crippen LogP contribution is -2.20. The molecule has 0 aliphatic heterocycles. The van der Waals surface area contributed by atoms with Crippen molar-refractivity contribution in [1.82, 2.24) is 25.2 Å². The van der Waals surface area contributed by atoms with E-state index in [9.17, 15) is 14.3 Å². The quantitative estimate of drug-likeness (QED) is 0.210. The van der Waals surface area contributed by atoms with Crippen LogP contribution in [0, 0.1) is 5.82 Å². The first kappa shape index (κ1) is 25.8. The molecule has 0 radical (unpaired) electrons. The number of fused-ring (bicyclic) bond motifs is 1. The van der Waals surface area contributed by atoms with E-state index >= 15 is 0 Å². The summed E-state index contributed by atoms with van der Waals surface area (Å²) in [6.07, 6.45) is 1.01. The van der Waals surface area contributed by atoms with Gasteiger partial charge in [-0.3, -0.25) is 10.1 Å². The van der Waals surface area contributed by atoms with Gasteiger partial charge < -0.3 is 20.5 Å². The molecule has 1 amide bonds. The molecule has 2 aromatic heterocycles. The van der Waals surface area contributed by atoms with E-state index in [0.29, 0.717) is 40.7 Å². The van der Waals surface area contributed by atoms with Gasteiger partial charge in [0.1, 0.15) is 17.8 Å². The second kappa shape index (κ2) is 11.3. The van der Waals surface area contributed by atoms with Crippen LogP contribution in [-0.4, -0.2) is 39.8 Å². The van der Waals surface area contributed by atoms with E-state index in [2.05, 4.69) is 26.0 Å². The third-order valence-electron chi connectivity index (χ3n) is 6.24. The smallest absolute Gasteiger partial charge is 0.251 e. The molecule has 4 N–H and O–H groups in total. The molecule has 0 saturated carbocycles. The number of aromatic nitrogens is 3. The molecular formula is C29H27FN6O3. The predicted octanol–water partition coefficient (Wildman–Crippen LogP) is 4.43. The van der Waals surface area contributed by atoms with Gasteiger partial charge in [0.2, 0.25) is 5.95 Å². The summed E-state index contributed by atoms with van der Waals surface area (Å²) in [6.45, 7) is 0.409. The number of aliphatic hydroxyl groups is 1. The van der Waals surface area contributed by atoms with Crippen molar-refractivity contribution in [2.24, 2.45) is 0 Å². The molecular weight excluding hydrogens is 499 g/mol. The first-order valence-corrected chi connectivity index (χ1v) is 12.2. The zero-order chi connectivity index (χ0) is 27.4. The zero-order valence-corrected chi connectivity index (χ0v) is 21.4. The molecule has 5 aromatic rings. The summed E-state index contributed by atoms with van der Waals surface area (Å²) in [7, 11) is 3.10. The minimum Gasteiger partial charge on any atom is -0.495 e. The van der Waals surface area contributed by atoms with Crippen LogP contribution in [0.25, 0.3) is 16.8 Å². The number of benzene rings is 3. The van der Waals surface area contributed by atoms with Crippen molar-refractivity contribution in [3.05, 3.63) is 108 Å². The van der Waals surface area contributed by atoms with Crippen molar-refractivity contribution in [2.75, 3.05) is 19.5 Å². The van der Waals surface area contributed by atoms with Crippen LogP contribution >= 0.6 is 0 Å². The number of pyridine rings is 1. The van der Waals surface area contributed by atoms with Crippen LogP contribution in [0.3, 0.4) is 0 Å². The van der Waals surface area contributed by atoms with Crippen LogP contribution < -0.4 is 20.7 Å². The molecule has 1 unspecified atom stereocenters. The Bertz CT molecular complexity index is 1600. The highest BCUT2D eigenvalue weighted by Crippen LogP contribution is 2.28. The van der Waals surface area contributed by atoms with Crippen LogP contribution in [0.2, 0.25) is 0 Å². The second-order valence-corrected chi connectivity index (χ2v) is 8.81. The molecule has 10 heteroatoms. The van der Waals surface area contributed by atoms with E-state index in [-0.39, 0.29) is 11.7 Å². The van der Waals surface area contributed by atoms with Gasteiger partial charge in [0, 0.05) is 30.9 Å². The monoisotopic (exact) mass is 526 g/mol. The fourth-order valence-electron chi connectivity index (χ4n) is 4.10. The molecule has 1 atom stereocenters. The molecule has 0 aliphatic rings. The normalized spacial score (nSPS) is 11.8. The highest BCUT2D eigenvalue weighted by Gasteiger charge is 2.13. The zero-order valence-electron chi connectivity index (χ0n) is 21.4. The summed E-state index contributed by atoms with van der Waals surface area (Å²) in [6, 6.07) is 22.6. The number of hydrogen-bond donors (Lipinski definition) is 4. The lowest BCUT2D eigenvalue weighted by Gasteiger charge is -2.14. The number of carbonyl (C=O) groups is 1. The molecule has 198 valence electrons. The molecule has 0 bridgehead atoms. The predicted molar refractivity (Wildman–Crippen MR) is 146 cm³/mol. The highest BCUT2D eigenvalue weighted by atomic mass is 19.1. The van der Waals surface area contributed by atoms with Gasteiger partial charge in [-0.05, 0) is 59.2 Å². The Labute approximate surface area is 224 Å². The van der Waals surface area contributed by atoms with Crippen molar-refractivity contribution >= 4 is 23.2 Å². The van der Waals surface area contributed by atoms with E-state index in [4.69, 9.17) is 4.74 Å². The Morgan fingerprint density at radius 2 is 1.77 bits per heavy atom. The number of anilines is 2. The maximum absolute atomic E-state index is 13.1. The molecule has 0 aliphatic carbocycles. The average molecular weight is 527 g/mol. The number of hydrogen-bond acceptors (Lipinski definition) is 7. The number of carbonyl (C=O) groups excluding carboxylic acids is 1. The van der Waals surface area contributed by atoms with Gasteiger partial charge in [0.15, 0.2) is 5.65 Å². The van der Waals surface area contributed by atoms with E-state index in [0.717, 1.165) is 16.7 Å². The van der Waals surface area contributed by atoms with Gasteiger partial charge >= 0.3 is 0 Å². The van der Waals surface area contributed by atoms with Gasteiger partial charge in [-0.15, -0.1) is 5.10 Å². The average Bonchev–Trinajstić information content (AvgIpc) is 3.38. The largest absolute Gasteiger partial charge is 0.495 e. The lowest BCUT2D eigenvalue weighted by molar-refractivity contribution is 0.0962. The van der Waals surface area contributed by atoms with Gasteiger partial charge in [-0.1, -0.05) is 36.4 Å². The second-order valence-electron chi connectivity index (χ2n) is 8.81. The van der Waals surface area contributed by atoms with E-state index < -0.39 is 6.23 Å². The summed E-state index contributed by atoms with van der Waals surface area (Å²) in [5.74, 6) is 0.372. The summed E-state index contributed by atoms with van der Waals surface area (Å²) in [4.78, 5) is 16.4. The fourth-order valence-corrected chi connectivity index (χ4v) is 4.10.